The van der Waals surface area contributed by atoms with Crippen LogP contribution in [0, 0.1) is 0 Å². The fourth-order valence-corrected chi connectivity index (χ4v) is 1.64. The smallest absolute Gasteiger partial charge is 0.326 e. The third-order valence-electron chi connectivity index (χ3n) is 2.48. The van der Waals surface area contributed by atoms with Crippen LogP contribution in [0.4, 0.5) is 0 Å². The van der Waals surface area contributed by atoms with Crippen LogP contribution in [0.15, 0.2) is 0 Å². The summed E-state index contributed by atoms with van der Waals surface area (Å²) in [6.07, 6.45) is -0.184. The van der Waals surface area contributed by atoms with Crippen LogP contribution in [0.5, 0.6) is 0 Å². The minimum atomic E-state index is -1.29. The fourth-order valence-electron chi connectivity index (χ4n) is 1.38. The maximum absolute atomic E-state index is 11.6. The number of amides is 3. The number of carboxylic acid groups (broad SMARTS) is 2. The SMILES string of the molecule is O=CN[C@@H](CCC(=O)N[C@@H](CS)C(=O)NCC(=O)O)C(=O)O. The molecular formula is C11H17N3O7S. The molecule has 0 aromatic carbocycles. The molecule has 11 heteroatoms. The first-order valence-electron chi connectivity index (χ1n) is 6.14. The number of rotatable bonds is 11. The van der Waals surface area contributed by atoms with E-state index in [-0.39, 0.29) is 25.0 Å². The van der Waals surface area contributed by atoms with Crippen molar-refractivity contribution < 1.29 is 34.2 Å². The van der Waals surface area contributed by atoms with Gasteiger partial charge in [-0.1, -0.05) is 0 Å². The summed E-state index contributed by atoms with van der Waals surface area (Å²) >= 11 is 3.87. The predicted octanol–water partition coefficient (Wildman–Crippen LogP) is -2.42. The van der Waals surface area contributed by atoms with Gasteiger partial charge < -0.3 is 26.2 Å². The van der Waals surface area contributed by atoms with Gasteiger partial charge in [-0.3, -0.25) is 19.2 Å². The van der Waals surface area contributed by atoms with Crippen molar-refractivity contribution >= 4 is 42.8 Å². The third kappa shape index (κ3) is 8.09. The first-order chi connectivity index (χ1) is 10.3. The summed E-state index contributed by atoms with van der Waals surface area (Å²) in [6, 6.07) is -2.25. The Morgan fingerprint density at radius 2 is 1.77 bits per heavy atom. The predicted molar refractivity (Wildman–Crippen MR) is 76.3 cm³/mol. The molecule has 0 radical (unpaired) electrons. The largest absolute Gasteiger partial charge is 0.480 e. The van der Waals surface area contributed by atoms with Crippen LogP contribution in [-0.2, 0) is 24.0 Å². The second-order valence-electron chi connectivity index (χ2n) is 4.13. The van der Waals surface area contributed by atoms with Gasteiger partial charge in [0.25, 0.3) is 0 Å². The molecule has 0 bridgehead atoms. The highest BCUT2D eigenvalue weighted by Gasteiger charge is 2.22. The quantitative estimate of drug-likeness (QED) is 0.181. The zero-order valence-corrected chi connectivity index (χ0v) is 12.3. The Hall–Kier alpha value is -2.30. The van der Waals surface area contributed by atoms with Gasteiger partial charge in [-0.2, -0.15) is 12.6 Å². The van der Waals surface area contributed by atoms with Gasteiger partial charge >= 0.3 is 11.9 Å². The van der Waals surface area contributed by atoms with Crippen LogP contribution in [-0.4, -0.2) is 64.8 Å². The maximum atomic E-state index is 11.6. The average Bonchev–Trinajstić information content (AvgIpc) is 2.46. The van der Waals surface area contributed by atoms with Crippen molar-refractivity contribution in [2.24, 2.45) is 0 Å². The maximum Gasteiger partial charge on any atom is 0.326 e. The molecule has 3 amide bonds. The number of carbonyl (C=O) groups excluding carboxylic acids is 3. The van der Waals surface area contributed by atoms with E-state index in [9.17, 15) is 24.0 Å². The summed E-state index contributed by atoms with van der Waals surface area (Å²) in [6.45, 7) is -0.594. The minimum Gasteiger partial charge on any atom is -0.480 e. The van der Waals surface area contributed by atoms with E-state index >= 15 is 0 Å². The van der Waals surface area contributed by atoms with E-state index in [1.165, 1.54) is 0 Å². The van der Waals surface area contributed by atoms with Gasteiger partial charge in [0, 0.05) is 12.2 Å². The molecule has 22 heavy (non-hydrogen) atoms. The number of carboxylic acids is 2. The summed E-state index contributed by atoms with van der Waals surface area (Å²) < 4.78 is 0. The molecule has 0 unspecified atom stereocenters. The molecule has 0 rings (SSSR count). The molecule has 0 heterocycles. The lowest BCUT2D eigenvalue weighted by Gasteiger charge is -2.16. The standard InChI is InChI=1S/C11H17N3O7S/c15-5-13-6(11(20)21)1-2-8(16)14-7(4-22)10(19)12-3-9(17)18/h5-7,22H,1-4H2,(H,12,19)(H,13,15)(H,14,16)(H,17,18)(H,20,21)/t6-,7-/m0/s1. The average molecular weight is 335 g/mol. The molecule has 0 aliphatic heterocycles. The topological polar surface area (TPSA) is 162 Å². The Balaban J connectivity index is 4.35. The van der Waals surface area contributed by atoms with Crippen molar-refractivity contribution in [3.63, 3.8) is 0 Å². The highest BCUT2D eigenvalue weighted by Crippen LogP contribution is 1.99. The zero-order chi connectivity index (χ0) is 17.1. The number of aliphatic carboxylic acids is 2. The lowest BCUT2D eigenvalue weighted by Crippen LogP contribution is -2.49. The van der Waals surface area contributed by atoms with Crippen molar-refractivity contribution in [1.82, 2.24) is 16.0 Å². The monoisotopic (exact) mass is 335 g/mol. The Morgan fingerprint density at radius 1 is 1.14 bits per heavy atom. The van der Waals surface area contributed by atoms with Gasteiger partial charge in [-0.15, -0.1) is 0 Å². The number of hydrogen-bond donors (Lipinski definition) is 6. The molecule has 0 aliphatic carbocycles. The molecule has 0 aromatic rings. The van der Waals surface area contributed by atoms with E-state index in [0.29, 0.717) is 0 Å². The zero-order valence-electron chi connectivity index (χ0n) is 11.4. The van der Waals surface area contributed by atoms with E-state index in [4.69, 9.17) is 10.2 Å². The molecule has 0 saturated heterocycles. The molecule has 0 fully saturated rings. The highest BCUT2D eigenvalue weighted by molar-refractivity contribution is 7.80. The molecule has 2 atom stereocenters. The molecule has 5 N–H and O–H groups in total. The summed E-state index contributed by atoms with van der Waals surface area (Å²) in [7, 11) is 0. The minimum absolute atomic E-state index is 0.0634. The van der Waals surface area contributed by atoms with Crippen LogP contribution in [0.2, 0.25) is 0 Å². The Labute approximate surface area is 131 Å². The van der Waals surface area contributed by atoms with Gasteiger partial charge in [-0.05, 0) is 6.42 Å². The van der Waals surface area contributed by atoms with E-state index < -0.39 is 42.4 Å². The van der Waals surface area contributed by atoms with Crippen molar-refractivity contribution in [2.45, 2.75) is 24.9 Å². The van der Waals surface area contributed by atoms with E-state index in [1.54, 1.807) is 0 Å². The normalized spacial score (nSPS) is 12.6. The molecule has 0 aromatic heterocycles. The highest BCUT2D eigenvalue weighted by atomic mass is 32.1. The third-order valence-corrected chi connectivity index (χ3v) is 2.84. The van der Waals surface area contributed by atoms with Crippen LogP contribution in [0.1, 0.15) is 12.8 Å². The number of carbonyl (C=O) groups is 5. The summed E-state index contributed by atoms with van der Waals surface area (Å²) in [5.74, 6) is -3.92. The van der Waals surface area contributed by atoms with Gasteiger partial charge in [0.15, 0.2) is 0 Å². The summed E-state index contributed by atoms with van der Waals surface area (Å²) in [4.78, 5) is 54.5. The van der Waals surface area contributed by atoms with E-state index in [1.807, 2.05) is 5.32 Å². The van der Waals surface area contributed by atoms with Crippen molar-refractivity contribution in [2.75, 3.05) is 12.3 Å². The van der Waals surface area contributed by atoms with Crippen LogP contribution in [0.3, 0.4) is 0 Å². The summed E-state index contributed by atoms with van der Waals surface area (Å²) in [5.41, 5.74) is 0. The molecule has 124 valence electrons. The first kappa shape index (κ1) is 19.7. The lowest BCUT2D eigenvalue weighted by molar-refractivity contribution is -0.141. The summed E-state index contributed by atoms with van der Waals surface area (Å²) in [5, 5.41) is 23.6. The van der Waals surface area contributed by atoms with Gasteiger partial charge in [0.1, 0.15) is 18.6 Å². The second kappa shape index (κ2) is 10.4. The molecule has 0 spiro atoms. The van der Waals surface area contributed by atoms with E-state index in [2.05, 4.69) is 23.3 Å². The van der Waals surface area contributed by atoms with Crippen LogP contribution >= 0.6 is 12.6 Å². The molecule has 0 aliphatic rings. The van der Waals surface area contributed by atoms with Gasteiger partial charge in [-0.25, -0.2) is 4.79 Å². The Morgan fingerprint density at radius 3 is 2.23 bits per heavy atom. The lowest BCUT2D eigenvalue weighted by atomic mass is 10.1. The Kier molecular flexibility index (Phi) is 9.34. The molecule has 10 nitrogen and oxygen atoms in total. The number of hydrogen-bond acceptors (Lipinski definition) is 6. The first-order valence-corrected chi connectivity index (χ1v) is 6.77. The van der Waals surface area contributed by atoms with Gasteiger partial charge in [0.2, 0.25) is 18.2 Å². The van der Waals surface area contributed by atoms with Crippen molar-refractivity contribution in [3.8, 4) is 0 Å². The van der Waals surface area contributed by atoms with Crippen molar-refractivity contribution in [1.29, 1.82) is 0 Å². The van der Waals surface area contributed by atoms with Crippen LogP contribution in [0.25, 0.3) is 0 Å². The van der Waals surface area contributed by atoms with Crippen LogP contribution < -0.4 is 16.0 Å². The van der Waals surface area contributed by atoms with E-state index in [0.717, 1.165) is 0 Å². The second-order valence-corrected chi connectivity index (χ2v) is 4.49. The molecular weight excluding hydrogens is 318 g/mol. The van der Waals surface area contributed by atoms with Crippen molar-refractivity contribution in [3.05, 3.63) is 0 Å². The number of thiol groups is 1. The Bertz CT molecular complexity index is 443. The molecule has 0 saturated carbocycles. The number of nitrogens with one attached hydrogen (secondary N) is 3. The van der Waals surface area contributed by atoms with Gasteiger partial charge in [0.05, 0.1) is 0 Å². The fraction of sp³-hybridized carbons (Fsp3) is 0.545.